The second-order valence-corrected chi connectivity index (χ2v) is 5.24. The molecular formula is C16H19N3O3. The number of hydrogen-bond donors (Lipinski definition) is 0. The van der Waals surface area contributed by atoms with Crippen LogP contribution in [0.4, 0.5) is 0 Å². The fourth-order valence-electron chi connectivity index (χ4n) is 2.70. The average Bonchev–Trinajstić information content (AvgIpc) is 3.09. The molecule has 1 fully saturated rings. The molecule has 1 atom stereocenters. The maximum atomic E-state index is 13.0. The number of carbonyl (C=O) groups is 1. The van der Waals surface area contributed by atoms with Crippen molar-refractivity contribution in [1.82, 2.24) is 14.9 Å². The standard InChI is InChI=1S/C16H19N3O3/c1-21-10-8-19(13-5-9-22-11-13)16(20)15-14-12(4-7-18-15)3-2-6-17-14/h2-4,6-7,13H,5,8-11H2,1H3. The lowest BCUT2D eigenvalue weighted by Gasteiger charge is -2.27. The third kappa shape index (κ3) is 2.93. The quantitative estimate of drug-likeness (QED) is 0.837. The lowest BCUT2D eigenvalue weighted by Crippen LogP contribution is -2.43. The van der Waals surface area contributed by atoms with Gasteiger partial charge in [0, 0.05) is 38.0 Å². The van der Waals surface area contributed by atoms with Gasteiger partial charge in [-0.3, -0.25) is 9.78 Å². The van der Waals surface area contributed by atoms with Crippen LogP contribution in [0.3, 0.4) is 0 Å². The van der Waals surface area contributed by atoms with Gasteiger partial charge in [-0.25, -0.2) is 4.98 Å². The van der Waals surface area contributed by atoms with Crippen molar-refractivity contribution < 1.29 is 14.3 Å². The van der Waals surface area contributed by atoms with E-state index in [0.29, 0.717) is 37.6 Å². The third-order valence-electron chi connectivity index (χ3n) is 3.87. The molecule has 1 saturated heterocycles. The van der Waals surface area contributed by atoms with Gasteiger partial charge in [0.2, 0.25) is 0 Å². The van der Waals surface area contributed by atoms with Gasteiger partial charge in [-0.15, -0.1) is 0 Å². The van der Waals surface area contributed by atoms with Crippen LogP contribution in [0.5, 0.6) is 0 Å². The van der Waals surface area contributed by atoms with Gasteiger partial charge >= 0.3 is 0 Å². The van der Waals surface area contributed by atoms with Crippen LogP contribution in [-0.4, -0.2) is 60.3 Å². The number of nitrogens with zero attached hydrogens (tertiary/aromatic N) is 3. The van der Waals surface area contributed by atoms with E-state index in [1.807, 2.05) is 18.2 Å². The molecule has 0 saturated carbocycles. The molecule has 3 rings (SSSR count). The van der Waals surface area contributed by atoms with Crippen molar-refractivity contribution in [2.45, 2.75) is 12.5 Å². The minimum absolute atomic E-state index is 0.0726. The van der Waals surface area contributed by atoms with Crippen LogP contribution in [0.1, 0.15) is 16.9 Å². The second-order valence-electron chi connectivity index (χ2n) is 5.24. The maximum Gasteiger partial charge on any atom is 0.275 e. The summed E-state index contributed by atoms with van der Waals surface area (Å²) in [6, 6.07) is 5.71. The number of pyridine rings is 2. The SMILES string of the molecule is COCCN(C(=O)c1nccc2cccnc12)C1CCOC1. The van der Waals surface area contributed by atoms with Gasteiger partial charge in [-0.1, -0.05) is 6.07 Å². The summed E-state index contributed by atoms with van der Waals surface area (Å²) in [6.45, 7) is 2.25. The molecule has 0 radical (unpaired) electrons. The molecule has 0 spiro atoms. The number of aromatic nitrogens is 2. The van der Waals surface area contributed by atoms with Crippen LogP contribution in [0.15, 0.2) is 30.6 Å². The molecule has 6 heteroatoms. The average molecular weight is 301 g/mol. The summed E-state index contributed by atoms with van der Waals surface area (Å²) in [4.78, 5) is 23.4. The Bertz CT molecular complexity index is 651. The smallest absolute Gasteiger partial charge is 0.275 e. The van der Waals surface area contributed by atoms with E-state index in [0.717, 1.165) is 11.8 Å². The van der Waals surface area contributed by atoms with E-state index in [-0.39, 0.29) is 11.9 Å². The van der Waals surface area contributed by atoms with Gasteiger partial charge in [-0.2, -0.15) is 0 Å². The van der Waals surface area contributed by atoms with Crippen molar-refractivity contribution >= 4 is 16.8 Å². The van der Waals surface area contributed by atoms with Gasteiger partial charge in [0.1, 0.15) is 5.52 Å². The largest absolute Gasteiger partial charge is 0.383 e. The van der Waals surface area contributed by atoms with Gasteiger partial charge < -0.3 is 14.4 Å². The molecule has 3 heterocycles. The van der Waals surface area contributed by atoms with E-state index in [1.165, 1.54) is 0 Å². The Morgan fingerprint density at radius 3 is 3.09 bits per heavy atom. The van der Waals surface area contributed by atoms with E-state index in [9.17, 15) is 4.79 Å². The van der Waals surface area contributed by atoms with Crippen LogP contribution in [0, 0.1) is 0 Å². The number of rotatable bonds is 5. The van der Waals surface area contributed by atoms with Crippen LogP contribution < -0.4 is 0 Å². The van der Waals surface area contributed by atoms with Crippen LogP contribution in [0.2, 0.25) is 0 Å². The second kappa shape index (κ2) is 6.81. The van der Waals surface area contributed by atoms with Crippen molar-refractivity contribution in [3.8, 4) is 0 Å². The monoisotopic (exact) mass is 301 g/mol. The lowest BCUT2D eigenvalue weighted by atomic mass is 10.1. The summed E-state index contributed by atoms with van der Waals surface area (Å²) in [5.74, 6) is -0.114. The topological polar surface area (TPSA) is 64.5 Å². The molecule has 22 heavy (non-hydrogen) atoms. The first-order chi connectivity index (χ1) is 10.8. The first kappa shape index (κ1) is 14.9. The van der Waals surface area contributed by atoms with E-state index >= 15 is 0 Å². The highest BCUT2D eigenvalue weighted by atomic mass is 16.5. The highest BCUT2D eigenvalue weighted by molar-refractivity contribution is 6.03. The summed E-state index contributed by atoms with van der Waals surface area (Å²) < 4.78 is 10.6. The Morgan fingerprint density at radius 1 is 1.41 bits per heavy atom. The predicted molar refractivity (Wildman–Crippen MR) is 81.7 cm³/mol. The summed E-state index contributed by atoms with van der Waals surface area (Å²) in [5.41, 5.74) is 1.03. The highest BCUT2D eigenvalue weighted by Crippen LogP contribution is 2.19. The Balaban J connectivity index is 1.94. The van der Waals surface area contributed by atoms with Crippen molar-refractivity contribution in [2.24, 2.45) is 0 Å². The third-order valence-corrected chi connectivity index (χ3v) is 3.87. The number of fused-ring (bicyclic) bond motifs is 1. The van der Waals surface area contributed by atoms with Crippen LogP contribution in [0.25, 0.3) is 10.9 Å². The number of amides is 1. The molecule has 0 N–H and O–H groups in total. The first-order valence-corrected chi connectivity index (χ1v) is 7.38. The lowest BCUT2D eigenvalue weighted by molar-refractivity contribution is 0.0572. The van der Waals surface area contributed by atoms with Gasteiger partial charge in [0.25, 0.3) is 5.91 Å². The predicted octanol–water partition coefficient (Wildman–Crippen LogP) is 1.51. The van der Waals surface area contributed by atoms with E-state index < -0.39 is 0 Å². The summed E-state index contributed by atoms with van der Waals surface area (Å²) in [6.07, 6.45) is 4.17. The minimum Gasteiger partial charge on any atom is -0.383 e. The van der Waals surface area contributed by atoms with Crippen molar-refractivity contribution in [3.63, 3.8) is 0 Å². The molecule has 0 aliphatic carbocycles. The van der Waals surface area contributed by atoms with Crippen molar-refractivity contribution in [3.05, 3.63) is 36.3 Å². The van der Waals surface area contributed by atoms with E-state index in [2.05, 4.69) is 9.97 Å². The van der Waals surface area contributed by atoms with Gasteiger partial charge in [-0.05, 0) is 18.6 Å². The molecule has 1 aliphatic rings. The molecule has 1 aliphatic heterocycles. The maximum absolute atomic E-state index is 13.0. The Labute approximate surface area is 129 Å². The van der Waals surface area contributed by atoms with Crippen LogP contribution in [-0.2, 0) is 9.47 Å². The Hall–Kier alpha value is -2.05. The Kier molecular flexibility index (Phi) is 4.60. The minimum atomic E-state index is -0.114. The van der Waals surface area contributed by atoms with Crippen molar-refractivity contribution in [2.75, 3.05) is 33.5 Å². The molecule has 1 amide bonds. The zero-order valence-corrected chi connectivity index (χ0v) is 12.6. The molecule has 6 nitrogen and oxygen atoms in total. The Morgan fingerprint density at radius 2 is 2.32 bits per heavy atom. The van der Waals surface area contributed by atoms with E-state index in [4.69, 9.17) is 9.47 Å². The summed E-state index contributed by atoms with van der Waals surface area (Å²) in [5, 5.41) is 0.912. The summed E-state index contributed by atoms with van der Waals surface area (Å²) in [7, 11) is 1.63. The fourth-order valence-corrected chi connectivity index (χ4v) is 2.70. The zero-order chi connectivity index (χ0) is 15.4. The molecule has 116 valence electrons. The summed E-state index contributed by atoms with van der Waals surface area (Å²) >= 11 is 0. The number of methoxy groups -OCH3 is 1. The molecule has 2 aromatic heterocycles. The number of carbonyl (C=O) groups excluding carboxylic acids is 1. The molecular weight excluding hydrogens is 282 g/mol. The normalized spacial score (nSPS) is 17.8. The first-order valence-electron chi connectivity index (χ1n) is 7.38. The van der Waals surface area contributed by atoms with Gasteiger partial charge in [0.15, 0.2) is 5.69 Å². The van der Waals surface area contributed by atoms with E-state index in [1.54, 1.807) is 24.4 Å². The molecule has 2 aromatic rings. The molecule has 0 aromatic carbocycles. The zero-order valence-electron chi connectivity index (χ0n) is 12.6. The van der Waals surface area contributed by atoms with Crippen LogP contribution >= 0.6 is 0 Å². The van der Waals surface area contributed by atoms with Crippen molar-refractivity contribution in [1.29, 1.82) is 0 Å². The fraction of sp³-hybridized carbons (Fsp3) is 0.438. The molecule has 1 unspecified atom stereocenters. The molecule has 0 bridgehead atoms. The number of hydrogen-bond acceptors (Lipinski definition) is 5. The van der Waals surface area contributed by atoms with Gasteiger partial charge in [0.05, 0.1) is 19.3 Å². The highest BCUT2D eigenvalue weighted by Gasteiger charge is 2.29. The number of ether oxygens (including phenoxy) is 2.